The average Bonchev–Trinajstić information content (AvgIpc) is 2.35. The second-order valence-corrected chi connectivity index (χ2v) is 3.52. The molecule has 1 aliphatic rings. The Kier molecular flexibility index (Phi) is 3.09. The number of rotatable bonds is 2. The lowest BCUT2D eigenvalue weighted by Crippen LogP contribution is -2.34. The number of anilines is 1. The number of amides is 1. The number of ether oxygens (including phenoxy) is 1. The molecule has 0 aliphatic carbocycles. The van der Waals surface area contributed by atoms with E-state index in [-0.39, 0.29) is 0 Å². The zero-order valence-corrected chi connectivity index (χ0v) is 9.00. The number of carbonyl (C=O) groups is 2. The van der Waals surface area contributed by atoms with Crippen molar-refractivity contribution >= 4 is 23.8 Å². The summed E-state index contributed by atoms with van der Waals surface area (Å²) < 4.78 is 4.65. The molecule has 0 aromatic heterocycles. The van der Waals surface area contributed by atoms with Gasteiger partial charge in [-0.25, -0.2) is 9.59 Å². The summed E-state index contributed by atoms with van der Waals surface area (Å²) in [5.74, 6) is -1.17. The van der Waals surface area contributed by atoms with E-state index >= 15 is 0 Å². The summed E-state index contributed by atoms with van der Waals surface area (Å²) in [6.07, 6.45) is 3.09. The summed E-state index contributed by atoms with van der Waals surface area (Å²) in [6, 6.07) is 7.36. The number of nitrogens with zero attached hydrogens (tertiary/aromatic N) is 1. The summed E-state index contributed by atoms with van der Waals surface area (Å²) >= 11 is 0. The summed E-state index contributed by atoms with van der Waals surface area (Å²) in [5, 5.41) is 8.45. The van der Waals surface area contributed by atoms with Gasteiger partial charge in [0.15, 0.2) is 6.61 Å². The highest BCUT2D eigenvalue weighted by molar-refractivity contribution is 5.93. The molecular formula is C12H11NO4. The Morgan fingerprint density at radius 1 is 1.35 bits per heavy atom. The van der Waals surface area contributed by atoms with Crippen molar-refractivity contribution in [2.45, 2.75) is 0 Å². The largest absolute Gasteiger partial charge is 0.479 e. The number of hydrogen-bond donors (Lipinski definition) is 1. The molecule has 1 heterocycles. The second kappa shape index (κ2) is 4.69. The van der Waals surface area contributed by atoms with Gasteiger partial charge in [-0.1, -0.05) is 30.4 Å². The lowest BCUT2D eigenvalue weighted by Gasteiger charge is -2.24. The van der Waals surface area contributed by atoms with Crippen LogP contribution in [0.5, 0.6) is 0 Å². The monoisotopic (exact) mass is 233 g/mol. The summed E-state index contributed by atoms with van der Waals surface area (Å²) in [4.78, 5) is 23.4. The zero-order valence-electron chi connectivity index (χ0n) is 9.00. The first kappa shape index (κ1) is 11.2. The SMILES string of the molecule is O=C(O)COC(=O)N1CC=Cc2ccccc21. The average molecular weight is 233 g/mol. The van der Waals surface area contributed by atoms with Crippen LogP contribution in [0.3, 0.4) is 0 Å². The molecule has 0 atom stereocenters. The molecule has 0 bridgehead atoms. The molecule has 1 aromatic rings. The Bertz CT molecular complexity index is 481. The Morgan fingerprint density at radius 3 is 2.88 bits per heavy atom. The molecule has 1 aromatic carbocycles. The fraction of sp³-hybridized carbons (Fsp3) is 0.167. The van der Waals surface area contributed by atoms with Gasteiger partial charge in [0.05, 0.1) is 5.69 Å². The molecule has 2 rings (SSSR count). The van der Waals surface area contributed by atoms with E-state index in [2.05, 4.69) is 4.74 Å². The van der Waals surface area contributed by atoms with Crippen molar-refractivity contribution in [3.05, 3.63) is 35.9 Å². The van der Waals surface area contributed by atoms with Crippen LogP contribution in [0.2, 0.25) is 0 Å². The maximum Gasteiger partial charge on any atom is 0.415 e. The zero-order chi connectivity index (χ0) is 12.3. The Balaban J connectivity index is 2.15. The minimum absolute atomic E-state index is 0.384. The highest BCUT2D eigenvalue weighted by Crippen LogP contribution is 2.25. The van der Waals surface area contributed by atoms with Gasteiger partial charge in [-0.15, -0.1) is 0 Å². The van der Waals surface area contributed by atoms with E-state index in [1.165, 1.54) is 4.90 Å². The lowest BCUT2D eigenvalue weighted by molar-refractivity contribution is -0.140. The fourth-order valence-corrected chi connectivity index (χ4v) is 1.63. The summed E-state index contributed by atoms with van der Waals surface area (Å²) in [6.45, 7) is -0.239. The first-order chi connectivity index (χ1) is 8.18. The molecular weight excluding hydrogens is 222 g/mol. The maximum absolute atomic E-state index is 11.7. The normalized spacial score (nSPS) is 13.1. The molecule has 88 valence electrons. The number of carbonyl (C=O) groups excluding carboxylic acids is 1. The fourth-order valence-electron chi connectivity index (χ4n) is 1.63. The van der Waals surface area contributed by atoms with Gasteiger partial charge in [0.2, 0.25) is 0 Å². The number of aliphatic carboxylic acids is 1. The van der Waals surface area contributed by atoms with Crippen molar-refractivity contribution in [3.63, 3.8) is 0 Å². The van der Waals surface area contributed by atoms with Gasteiger partial charge in [-0.2, -0.15) is 0 Å². The van der Waals surface area contributed by atoms with Gasteiger partial charge < -0.3 is 9.84 Å². The number of hydrogen-bond acceptors (Lipinski definition) is 3. The van der Waals surface area contributed by atoms with Crippen LogP contribution in [-0.2, 0) is 9.53 Å². The lowest BCUT2D eigenvalue weighted by atomic mass is 10.1. The van der Waals surface area contributed by atoms with Gasteiger partial charge in [0.1, 0.15) is 0 Å². The molecule has 1 N–H and O–H groups in total. The Hall–Kier alpha value is -2.30. The van der Waals surface area contributed by atoms with E-state index in [9.17, 15) is 9.59 Å². The van der Waals surface area contributed by atoms with Crippen LogP contribution in [0.15, 0.2) is 30.3 Å². The number of fused-ring (bicyclic) bond motifs is 1. The standard InChI is InChI=1S/C12H11NO4/c14-11(15)8-17-12(16)13-7-3-5-9-4-1-2-6-10(9)13/h1-6H,7-8H2,(H,14,15). The molecule has 5 nitrogen and oxygen atoms in total. The quantitative estimate of drug-likeness (QED) is 0.844. The van der Waals surface area contributed by atoms with Crippen molar-refractivity contribution in [2.75, 3.05) is 18.1 Å². The van der Waals surface area contributed by atoms with Crippen LogP contribution in [0.1, 0.15) is 5.56 Å². The highest BCUT2D eigenvalue weighted by Gasteiger charge is 2.21. The van der Waals surface area contributed by atoms with Crippen LogP contribution >= 0.6 is 0 Å². The van der Waals surface area contributed by atoms with E-state index in [1.807, 2.05) is 30.4 Å². The smallest absolute Gasteiger partial charge is 0.415 e. The summed E-state index contributed by atoms with van der Waals surface area (Å²) in [5.41, 5.74) is 1.64. The van der Waals surface area contributed by atoms with Crippen molar-refractivity contribution < 1.29 is 19.4 Å². The van der Waals surface area contributed by atoms with E-state index in [4.69, 9.17) is 5.11 Å². The molecule has 1 aliphatic heterocycles. The van der Waals surface area contributed by atoms with Crippen LogP contribution in [0, 0.1) is 0 Å². The number of para-hydroxylation sites is 1. The molecule has 0 fully saturated rings. The molecule has 1 amide bonds. The van der Waals surface area contributed by atoms with Gasteiger partial charge in [0.25, 0.3) is 0 Å². The minimum Gasteiger partial charge on any atom is -0.479 e. The third-order valence-corrected chi connectivity index (χ3v) is 2.35. The molecule has 0 saturated carbocycles. The van der Waals surface area contributed by atoms with E-state index in [1.54, 1.807) is 6.07 Å². The van der Waals surface area contributed by atoms with Gasteiger partial charge in [-0.3, -0.25) is 4.90 Å². The molecule has 0 unspecified atom stereocenters. The topological polar surface area (TPSA) is 66.8 Å². The van der Waals surface area contributed by atoms with Gasteiger partial charge >= 0.3 is 12.1 Å². The first-order valence-electron chi connectivity index (χ1n) is 5.10. The van der Waals surface area contributed by atoms with Crippen molar-refractivity contribution in [2.24, 2.45) is 0 Å². The van der Waals surface area contributed by atoms with Crippen molar-refractivity contribution in [3.8, 4) is 0 Å². The van der Waals surface area contributed by atoms with Crippen LogP contribution in [0.4, 0.5) is 10.5 Å². The van der Waals surface area contributed by atoms with Gasteiger partial charge in [0, 0.05) is 6.54 Å². The third-order valence-electron chi connectivity index (χ3n) is 2.35. The molecule has 0 radical (unpaired) electrons. The van der Waals surface area contributed by atoms with Crippen LogP contribution < -0.4 is 4.90 Å². The van der Waals surface area contributed by atoms with Crippen molar-refractivity contribution in [1.29, 1.82) is 0 Å². The molecule has 17 heavy (non-hydrogen) atoms. The Labute approximate surface area is 97.9 Å². The van der Waals surface area contributed by atoms with Crippen LogP contribution in [-0.4, -0.2) is 30.3 Å². The number of carboxylic acid groups (broad SMARTS) is 1. The predicted molar refractivity (Wildman–Crippen MR) is 61.8 cm³/mol. The van der Waals surface area contributed by atoms with Gasteiger partial charge in [-0.05, 0) is 11.6 Å². The molecule has 5 heteroatoms. The third kappa shape index (κ3) is 2.44. The van der Waals surface area contributed by atoms with E-state index in [0.29, 0.717) is 6.54 Å². The maximum atomic E-state index is 11.7. The molecule has 0 spiro atoms. The first-order valence-corrected chi connectivity index (χ1v) is 5.10. The molecule has 0 saturated heterocycles. The number of benzene rings is 1. The number of carboxylic acids is 1. The Morgan fingerprint density at radius 2 is 2.12 bits per heavy atom. The second-order valence-electron chi connectivity index (χ2n) is 3.52. The predicted octanol–water partition coefficient (Wildman–Crippen LogP) is 1.74. The van der Waals surface area contributed by atoms with Crippen LogP contribution in [0.25, 0.3) is 6.08 Å². The minimum atomic E-state index is -1.17. The van der Waals surface area contributed by atoms with Crippen molar-refractivity contribution in [1.82, 2.24) is 0 Å². The van der Waals surface area contributed by atoms with E-state index in [0.717, 1.165) is 11.3 Å². The summed E-state index contributed by atoms with van der Waals surface area (Å²) in [7, 11) is 0. The van der Waals surface area contributed by atoms with E-state index < -0.39 is 18.7 Å². The highest BCUT2D eigenvalue weighted by atomic mass is 16.6.